The van der Waals surface area contributed by atoms with Crippen molar-refractivity contribution in [1.29, 1.82) is 0 Å². The summed E-state index contributed by atoms with van der Waals surface area (Å²) in [5.41, 5.74) is -8.39. The molecule has 3 fully saturated rings. The maximum atomic E-state index is 13.8. The standard InChI is InChI=1S/C26H43F7O4S.C13H16F6O2.C2H3FO2S/c1-4-21(38(33,34)35)12-10-8-6-5-7-9-11-13-22-18(2)23-15-19(22)14-20(23)16-24(25(27,28)29,26(30,31)32)37-17-36-3;1-20-7-21-11(12(14,15)16,13(17,18)19)6-10-5-8-2-3-9(10)4-8;1-2-6(3,4)5/h18-23H,4-17H2,1-3H3;2-3,8-10H,4-7H2,1H3;2H,1H2/p+1. The number of hydrogen-bond donors (Lipinski definition) is 0. The summed E-state index contributed by atoms with van der Waals surface area (Å²) < 4.78 is 242. The number of unbranched alkanes of at least 4 members (excludes halogenated alkanes) is 6. The zero-order valence-corrected chi connectivity index (χ0v) is 38.4. The molecule has 0 aromatic carbocycles. The van der Waals surface area contributed by atoms with E-state index in [4.69, 9.17) is 4.21 Å². The molecule has 3 saturated carbocycles. The Bertz CT molecular complexity index is 1660. The van der Waals surface area contributed by atoms with Crippen molar-refractivity contribution in [2.24, 2.45) is 47.3 Å². The number of rotatable bonds is 23. The highest BCUT2D eigenvalue weighted by Crippen LogP contribution is 2.61. The quantitative estimate of drug-likeness (QED) is 0.0250. The minimum Gasteiger partial charge on any atom is -0.359 e. The van der Waals surface area contributed by atoms with Crippen molar-refractivity contribution in [3.8, 4) is 0 Å². The molecule has 65 heavy (non-hydrogen) atoms. The van der Waals surface area contributed by atoms with Gasteiger partial charge in [-0.05, 0) is 105 Å². The predicted molar refractivity (Wildman–Crippen MR) is 213 cm³/mol. The molecule has 8 nitrogen and oxygen atoms in total. The number of methoxy groups -OCH3 is 2. The number of fused-ring (bicyclic) bond motifs is 4. The van der Waals surface area contributed by atoms with E-state index in [1.54, 1.807) is 13.0 Å². The average Bonchev–Trinajstić information content (AvgIpc) is 3.96. The lowest BCUT2D eigenvalue weighted by Crippen LogP contribution is -2.60. The maximum absolute atomic E-state index is 13.8. The van der Waals surface area contributed by atoms with Crippen molar-refractivity contribution < 1.29 is 96.2 Å². The molecule has 0 heterocycles. The van der Waals surface area contributed by atoms with Gasteiger partial charge in [0.1, 0.15) is 19.0 Å². The van der Waals surface area contributed by atoms with Gasteiger partial charge in [-0.2, -0.15) is 65.3 Å². The van der Waals surface area contributed by atoms with Gasteiger partial charge in [0.25, 0.3) is 11.2 Å². The second kappa shape index (κ2) is 24.2. The molecule has 24 heteroatoms. The number of allylic oxidation sites excluding steroid dienone is 2. The zero-order chi connectivity index (χ0) is 49.9. The largest absolute Gasteiger partial charge is 0.468 e. The molecule has 0 aromatic rings. The van der Waals surface area contributed by atoms with Crippen LogP contribution >= 0.6 is 0 Å². The van der Waals surface area contributed by atoms with E-state index in [1.165, 1.54) is 0 Å². The summed E-state index contributed by atoms with van der Waals surface area (Å²) in [4.78, 5) is 0. The molecule has 0 saturated heterocycles. The van der Waals surface area contributed by atoms with Crippen LogP contribution in [0.3, 0.4) is 0 Å². The first-order chi connectivity index (χ1) is 29.8. The lowest BCUT2D eigenvalue weighted by molar-refractivity contribution is -0.397. The third kappa shape index (κ3) is 16.2. The van der Waals surface area contributed by atoms with Crippen molar-refractivity contribution in [2.75, 3.05) is 27.8 Å². The third-order valence-corrected chi connectivity index (χ3v) is 15.3. The fourth-order valence-corrected chi connectivity index (χ4v) is 11.1. The highest BCUT2D eigenvalue weighted by atomic mass is 32.3. The van der Waals surface area contributed by atoms with E-state index in [2.05, 4.69) is 25.5 Å². The van der Waals surface area contributed by atoms with E-state index in [0.717, 1.165) is 59.2 Å². The van der Waals surface area contributed by atoms with Crippen LogP contribution in [0.1, 0.15) is 117 Å². The van der Waals surface area contributed by atoms with Crippen LogP contribution in [0.4, 0.5) is 60.5 Å². The van der Waals surface area contributed by atoms with Gasteiger partial charge in [0.2, 0.25) is 0 Å². The van der Waals surface area contributed by atoms with Crippen LogP contribution in [-0.4, -0.2) is 85.8 Å². The van der Waals surface area contributed by atoms with E-state index in [9.17, 15) is 73.1 Å². The van der Waals surface area contributed by atoms with Crippen LogP contribution in [0.25, 0.3) is 0 Å². The van der Waals surface area contributed by atoms with Gasteiger partial charge >= 0.3 is 45.2 Å². The van der Waals surface area contributed by atoms with Crippen molar-refractivity contribution in [1.82, 2.24) is 0 Å². The molecule has 4 rings (SSSR count). The van der Waals surface area contributed by atoms with Crippen LogP contribution in [0, 0.1) is 47.3 Å². The second-order valence-electron chi connectivity index (χ2n) is 17.6. The summed E-state index contributed by atoms with van der Waals surface area (Å²) in [5, 5.41) is -0.561. The first-order valence-corrected chi connectivity index (χ1v) is 24.4. The molecule has 10 atom stereocenters. The van der Waals surface area contributed by atoms with Crippen molar-refractivity contribution in [3.05, 3.63) is 24.1 Å². The van der Waals surface area contributed by atoms with Gasteiger partial charge in [-0.1, -0.05) is 81.4 Å². The molecular formula is C41H63F14O8S2+. The van der Waals surface area contributed by atoms with E-state index in [-0.39, 0.29) is 36.0 Å². The zero-order valence-electron chi connectivity index (χ0n) is 36.8. The second-order valence-corrected chi connectivity index (χ2v) is 20.5. The Labute approximate surface area is 373 Å². The normalized spacial score (nSPS) is 27.2. The van der Waals surface area contributed by atoms with Crippen molar-refractivity contribution >= 4 is 20.4 Å². The Morgan fingerprint density at radius 1 is 0.692 bits per heavy atom. The van der Waals surface area contributed by atoms with Crippen molar-refractivity contribution in [3.63, 3.8) is 0 Å². The lowest BCUT2D eigenvalue weighted by atomic mass is 9.70. The molecule has 4 aliphatic rings. The fraction of sp³-hybridized carbons (Fsp3) is 0.902. The highest BCUT2D eigenvalue weighted by Gasteiger charge is 2.74. The first kappa shape index (κ1) is 59.4. The Morgan fingerprint density at radius 3 is 1.49 bits per heavy atom. The van der Waals surface area contributed by atoms with Gasteiger partial charge in [-0.25, -0.2) is 0 Å². The summed E-state index contributed by atoms with van der Waals surface area (Å²) in [5.74, 6) is -1.19. The van der Waals surface area contributed by atoms with Gasteiger partial charge in [0, 0.05) is 14.2 Å². The minimum atomic E-state index is -5.60. The van der Waals surface area contributed by atoms with Gasteiger partial charge in [-0.15, -0.1) is 8.09 Å². The molecule has 4 aliphatic carbocycles. The Hall–Kier alpha value is -1.76. The van der Waals surface area contributed by atoms with Crippen LogP contribution in [0.15, 0.2) is 24.1 Å². The lowest BCUT2D eigenvalue weighted by Gasteiger charge is -2.42. The molecule has 1 N–H and O–H groups in total. The summed E-state index contributed by atoms with van der Waals surface area (Å²) in [6, 6.07) is 0. The molecule has 384 valence electrons. The molecule has 0 amide bonds. The number of alkyl halides is 12. The van der Waals surface area contributed by atoms with E-state index in [1.807, 2.05) is 13.0 Å². The minimum absolute atomic E-state index is 0.0682. The van der Waals surface area contributed by atoms with Gasteiger partial charge in [0.15, 0.2) is 0 Å². The van der Waals surface area contributed by atoms with Gasteiger partial charge in [0.05, 0.1) is 5.25 Å². The number of ether oxygens (including phenoxy) is 4. The summed E-state index contributed by atoms with van der Waals surface area (Å²) in [6.45, 7) is 4.21. The molecule has 10 unspecified atom stereocenters. The van der Waals surface area contributed by atoms with E-state index in [0.29, 0.717) is 49.9 Å². The Kier molecular flexibility index (Phi) is 22.1. The third-order valence-electron chi connectivity index (χ3n) is 13.6. The highest BCUT2D eigenvalue weighted by molar-refractivity contribution is 7.89. The smallest absolute Gasteiger partial charge is 0.359 e. The molecule has 0 aromatic heterocycles. The Balaban J connectivity index is 0.000000446. The van der Waals surface area contributed by atoms with Gasteiger partial charge in [-0.3, -0.25) is 0 Å². The molecule has 0 aliphatic heterocycles. The van der Waals surface area contributed by atoms with Crippen LogP contribution in [0.5, 0.6) is 0 Å². The summed E-state index contributed by atoms with van der Waals surface area (Å²) in [7, 11) is -6.65. The van der Waals surface area contributed by atoms with Crippen LogP contribution < -0.4 is 0 Å². The SMILES string of the molecule is C=CS(=O)(=[OH+])F.CCC(CCCCCCCCCC1C2CC(CC(OCOC)(C(F)(F)F)C(F)(F)F)C(C2)C1C)S(=O)(=O)F.COCOC(CC1CC2C=CC1C2)(C(F)(F)F)C(F)(F)F. The van der Waals surface area contributed by atoms with Gasteiger partial charge < -0.3 is 18.9 Å². The monoisotopic (exact) mass is 1010 g/mol. The van der Waals surface area contributed by atoms with Crippen LogP contribution in [0.2, 0.25) is 0 Å². The molecule has 0 radical (unpaired) electrons. The van der Waals surface area contributed by atoms with Crippen molar-refractivity contribution in [2.45, 2.75) is 158 Å². The predicted octanol–water partition coefficient (Wildman–Crippen LogP) is 13.0. The molecule has 0 spiro atoms. The fourth-order valence-electron chi connectivity index (χ4n) is 10.3. The topological polar surface area (TPSA) is 110 Å². The average molecular weight is 1010 g/mol. The number of halogens is 14. The Morgan fingerprint density at radius 2 is 1.14 bits per heavy atom. The van der Waals surface area contributed by atoms with Crippen LogP contribution in [-0.2, 0) is 39.4 Å². The molecular weight excluding hydrogens is 951 g/mol. The first-order valence-electron chi connectivity index (χ1n) is 21.5. The number of hydrogen-bond acceptors (Lipinski definition) is 7. The van der Waals surface area contributed by atoms with E-state index < -0.39 is 99.9 Å². The summed E-state index contributed by atoms with van der Waals surface area (Å²) >= 11 is 0. The molecule has 4 bridgehead atoms. The summed E-state index contributed by atoms with van der Waals surface area (Å²) in [6.07, 6.45) is -11.0. The van der Waals surface area contributed by atoms with E-state index >= 15 is 0 Å². The maximum Gasteiger partial charge on any atom is 0.468 e.